The molecule has 0 aliphatic heterocycles. The SMILES string of the molecule is C=CCNc1nc(Cl)ccc1C(=O)O. The maximum absolute atomic E-state index is 10.7. The lowest BCUT2D eigenvalue weighted by Gasteiger charge is -2.06. The number of aromatic carboxylic acids is 1. The summed E-state index contributed by atoms with van der Waals surface area (Å²) in [5.41, 5.74) is 0.0938. The quantitative estimate of drug-likeness (QED) is 0.592. The second-order valence-electron chi connectivity index (χ2n) is 2.50. The molecule has 4 nitrogen and oxygen atoms in total. The van der Waals surface area contributed by atoms with E-state index in [1.165, 1.54) is 12.1 Å². The van der Waals surface area contributed by atoms with Crippen LogP contribution in [0.1, 0.15) is 10.4 Å². The number of halogens is 1. The van der Waals surface area contributed by atoms with Crippen molar-refractivity contribution in [2.75, 3.05) is 11.9 Å². The molecule has 0 bridgehead atoms. The molecule has 0 saturated heterocycles. The lowest BCUT2D eigenvalue weighted by Crippen LogP contribution is -2.08. The summed E-state index contributed by atoms with van der Waals surface area (Å²) in [7, 11) is 0. The van der Waals surface area contributed by atoms with Crippen LogP contribution in [-0.4, -0.2) is 22.6 Å². The summed E-state index contributed by atoms with van der Waals surface area (Å²) in [6.45, 7) is 3.94. The van der Waals surface area contributed by atoms with Gasteiger partial charge in [0.05, 0.1) is 0 Å². The lowest BCUT2D eigenvalue weighted by atomic mass is 10.2. The Kier molecular flexibility index (Phi) is 3.48. The number of aromatic nitrogens is 1. The van der Waals surface area contributed by atoms with Crippen molar-refractivity contribution in [2.24, 2.45) is 0 Å². The number of hydrogen-bond acceptors (Lipinski definition) is 3. The van der Waals surface area contributed by atoms with Crippen LogP contribution in [0.3, 0.4) is 0 Å². The van der Waals surface area contributed by atoms with Gasteiger partial charge in [0.25, 0.3) is 0 Å². The Morgan fingerprint density at radius 3 is 3.00 bits per heavy atom. The van der Waals surface area contributed by atoms with E-state index in [4.69, 9.17) is 16.7 Å². The molecule has 1 aromatic rings. The van der Waals surface area contributed by atoms with Gasteiger partial charge in [0.1, 0.15) is 16.5 Å². The number of nitrogens with zero attached hydrogens (tertiary/aromatic N) is 1. The second-order valence-corrected chi connectivity index (χ2v) is 2.89. The second kappa shape index (κ2) is 4.62. The normalized spacial score (nSPS) is 9.50. The van der Waals surface area contributed by atoms with E-state index in [0.29, 0.717) is 6.54 Å². The summed E-state index contributed by atoms with van der Waals surface area (Å²) < 4.78 is 0. The zero-order valence-electron chi connectivity index (χ0n) is 7.33. The van der Waals surface area contributed by atoms with Gasteiger partial charge in [0, 0.05) is 6.54 Å². The maximum Gasteiger partial charge on any atom is 0.339 e. The van der Waals surface area contributed by atoms with Crippen molar-refractivity contribution >= 4 is 23.4 Å². The van der Waals surface area contributed by atoms with Crippen LogP contribution in [0.25, 0.3) is 0 Å². The van der Waals surface area contributed by atoms with Crippen LogP contribution in [0.4, 0.5) is 5.82 Å². The number of hydrogen-bond donors (Lipinski definition) is 2. The topological polar surface area (TPSA) is 62.2 Å². The van der Waals surface area contributed by atoms with Gasteiger partial charge in [-0.3, -0.25) is 0 Å². The highest BCUT2D eigenvalue weighted by molar-refractivity contribution is 6.29. The van der Waals surface area contributed by atoms with Gasteiger partial charge in [-0.1, -0.05) is 17.7 Å². The van der Waals surface area contributed by atoms with Gasteiger partial charge in [0.15, 0.2) is 0 Å². The fourth-order valence-electron chi connectivity index (χ4n) is 0.912. The fourth-order valence-corrected chi connectivity index (χ4v) is 1.06. The first-order valence-electron chi connectivity index (χ1n) is 3.89. The first-order chi connectivity index (χ1) is 6.65. The van der Waals surface area contributed by atoms with Crippen LogP contribution in [-0.2, 0) is 0 Å². The fraction of sp³-hybridized carbons (Fsp3) is 0.111. The predicted molar refractivity (Wildman–Crippen MR) is 54.9 cm³/mol. The van der Waals surface area contributed by atoms with Crippen molar-refractivity contribution in [3.63, 3.8) is 0 Å². The number of anilines is 1. The highest BCUT2D eigenvalue weighted by Gasteiger charge is 2.10. The van der Waals surface area contributed by atoms with E-state index in [0.717, 1.165) is 0 Å². The summed E-state index contributed by atoms with van der Waals surface area (Å²) in [5.74, 6) is -0.786. The molecule has 1 heterocycles. The van der Waals surface area contributed by atoms with Gasteiger partial charge in [0.2, 0.25) is 0 Å². The van der Waals surface area contributed by atoms with Gasteiger partial charge in [-0.05, 0) is 12.1 Å². The monoisotopic (exact) mass is 212 g/mol. The number of carboxylic acid groups (broad SMARTS) is 1. The van der Waals surface area contributed by atoms with Crippen molar-refractivity contribution in [3.8, 4) is 0 Å². The molecular weight excluding hydrogens is 204 g/mol. The number of carbonyl (C=O) groups is 1. The molecule has 0 radical (unpaired) electrons. The van der Waals surface area contributed by atoms with Crippen molar-refractivity contribution < 1.29 is 9.90 Å². The van der Waals surface area contributed by atoms with Crippen LogP contribution in [0.5, 0.6) is 0 Å². The summed E-state index contributed by atoms with van der Waals surface area (Å²) in [6, 6.07) is 2.84. The van der Waals surface area contributed by atoms with Crippen molar-refractivity contribution in [1.82, 2.24) is 4.98 Å². The molecule has 0 atom stereocenters. The molecule has 0 fully saturated rings. The standard InChI is InChI=1S/C9H9ClN2O2/c1-2-5-11-8-6(9(13)14)3-4-7(10)12-8/h2-4H,1,5H2,(H,11,12)(H,13,14). The van der Waals surface area contributed by atoms with E-state index >= 15 is 0 Å². The Morgan fingerprint density at radius 1 is 1.71 bits per heavy atom. The number of carboxylic acids is 1. The Labute approximate surface area is 86.2 Å². The average Bonchev–Trinajstić information content (AvgIpc) is 2.14. The average molecular weight is 213 g/mol. The molecule has 1 aromatic heterocycles. The minimum absolute atomic E-state index is 0.0938. The van der Waals surface area contributed by atoms with Gasteiger partial charge in [-0.15, -0.1) is 6.58 Å². The van der Waals surface area contributed by atoms with Gasteiger partial charge in [-0.2, -0.15) is 0 Å². The number of pyridine rings is 1. The van der Waals surface area contributed by atoms with E-state index < -0.39 is 5.97 Å². The van der Waals surface area contributed by atoms with Crippen LogP contribution in [0.2, 0.25) is 5.15 Å². The van der Waals surface area contributed by atoms with E-state index in [-0.39, 0.29) is 16.5 Å². The molecule has 2 N–H and O–H groups in total. The van der Waals surface area contributed by atoms with E-state index in [1.54, 1.807) is 6.08 Å². The third-order valence-corrected chi connectivity index (χ3v) is 1.72. The molecule has 0 aromatic carbocycles. The molecule has 0 saturated carbocycles. The molecule has 0 unspecified atom stereocenters. The molecule has 14 heavy (non-hydrogen) atoms. The minimum Gasteiger partial charge on any atom is -0.478 e. The largest absolute Gasteiger partial charge is 0.478 e. The Morgan fingerprint density at radius 2 is 2.43 bits per heavy atom. The van der Waals surface area contributed by atoms with Crippen molar-refractivity contribution in [3.05, 3.63) is 35.5 Å². The van der Waals surface area contributed by atoms with Crippen LogP contribution < -0.4 is 5.32 Å². The first-order valence-corrected chi connectivity index (χ1v) is 4.27. The summed E-state index contributed by atoms with van der Waals surface area (Å²) >= 11 is 5.63. The first kappa shape index (κ1) is 10.5. The van der Waals surface area contributed by atoms with E-state index in [1.807, 2.05) is 0 Å². The van der Waals surface area contributed by atoms with Crippen molar-refractivity contribution in [1.29, 1.82) is 0 Å². The Bertz CT molecular complexity index is 366. The molecule has 0 spiro atoms. The molecule has 74 valence electrons. The van der Waals surface area contributed by atoms with Gasteiger partial charge < -0.3 is 10.4 Å². The third-order valence-electron chi connectivity index (χ3n) is 1.51. The number of rotatable bonds is 4. The zero-order valence-corrected chi connectivity index (χ0v) is 8.08. The number of nitrogens with one attached hydrogen (secondary N) is 1. The lowest BCUT2D eigenvalue weighted by molar-refractivity contribution is 0.0697. The molecule has 0 amide bonds. The molecule has 1 rings (SSSR count). The summed E-state index contributed by atoms with van der Waals surface area (Å²) in [4.78, 5) is 14.6. The zero-order chi connectivity index (χ0) is 10.6. The molecular formula is C9H9ClN2O2. The van der Waals surface area contributed by atoms with Crippen LogP contribution in [0, 0.1) is 0 Å². The minimum atomic E-state index is -1.04. The van der Waals surface area contributed by atoms with Crippen LogP contribution >= 0.6 is 11.6 Å². The smallest absolute Gasteiger partial charge is 0.339 e. The van der Waals surface area contributed by atoms with Crippen molar-refractivity contribution in [2.45, 2.75) is 0 Å². The van der Waals surface area contributed by atoms with E-state index in [2.05, 4.69) is 16.9 Å². The molecule has 0 aliphatic carbocycles. The Hall–Kier alpha value is -1.55. The molecule has 5 heteroatoms. The van der Waals surface area contributed by atoms with Gasteiger partial charge in [-0.25, -0.2) is 9.78 Å². The summed E-state index contributed by atoms with van der Waals surface area (Å²) in [5, 5.41) is 11.8. The third kappa shape index (κ3) is 2.47. The highest BCUT2D eigenvalue weighted by Crippen LogP contribution is 2.16. The molecule has 0 aliphatic rings. The maximum atomic E-state index is 10.7. The van der Waals surface area contributed by atoms with E-state index in [9.17, 15) is 4.79 Å². The summed E-state index contributed by atoms with van der Waals surface area (Å²) in [6.07, 6.45) is 1.61. The predicted octanol–water partition coefficient (Wildman–Crippen LogP) is 2.03. The Balaban J connectivity index is 3.02. The highest BCUT2D eigenvalue weighted by atomic mass is 35.5. The van der Waals surface area contributed by atoms with Gasteiger partial charge >= 0.3 is 5.97 Å². The van der Waals surface area contributed by atoms with Crippen LogP contribution in [0.15, 0.2) is 24.8 Å².